The van der Waals surface area contributed by atoms with Crippen molar-refractivity contribution in [2.45, 2.75) is 43.9 Å². The van der Waals surface area contributed by atoms with E-state index in [0.717, 1.165) is 17.7 Å². The summed E-state index contributed by atoms with van der Waals surface area (Å²) in [5.41, 5.74) is 7.34. The first-order valence-electron chi connectivity index (χ1n) is 8.42. The molecule has 27 heavy (non-hydrogen) atoms. The predicted molar refractivity (Wildman–Crippen MR) is 112 cm³/mol. The van der Waals surface area contributed by atoms with Crippen LogP contribution in [0.3, 0.4) is 0 Å². The third kappa shape index (κ3) is 4.62. The van der Waals surface area contributed by atoms with Gasteiger partial charge in [0.1, 0.15) is 11.2 Å². The number of thioether (sulfide) groups is 1. The fraction of sp³-hybridized carbons (Fsp3) is 0.368. The summed E-state index contributed by atoms with van der Waals surface area (Å²) in [7, 11) is 0. The van der Waals surface area contributed by atoms with Gasteiger partial charge in [-0.2, -0.15) is 0 Å². The summed E-state index contributed by atoms with van der Waals surface area (Å²) in [5.74, 6) is -0.179. The van der Waals surface area contributed by atoms with Crippen LogP contribution in [0.2, 0.25) is 10.0 Å². The van der Waals surface area contributed by atoms with Crippen molar-refractivity contribution in [2.24, 2.45) is 10.7 Å². The molecule has 8 heteroatoms. The number of rotatable bonds is 4. The Morgan fingerprint density at radius 2 is 2.00 bits per heavy atom. The zero-order valence-corrected chi connectivity index (χ0v) is 17.6. The summed E-state index contributed by atoms with van der Waals surface area (Å²) in [6.45, 7) is 6.30. The SMILES string of the molecule is CC1(C)C[C@@](C)(c2cc(CC(=O)c3ncc(Cl)cc3Cl)ccn2)N=C(N)S1. The number of carbonyl (C=O) groups excluding carboxylic acids is 1. The molecule has 1 aliphatic heterocycles. The first kappa shape index (κ1) is 20.1. The number of pyridine rings is 2. The molecular weight excluding hydrogens is 403 g/mol. The lowest BCUT2D eigenvalue weighted by molar-refractivity contribution is 0.0988. The Labute approximate surface area is 172 Å². The molecule has 3 heterocycles. The van der Waals surface area contributed by atoms with Gasteiger partial charge in [-0.25, -0.2) is 9.98 Å². The molecule has 0 bridgehead atoms. The van der Waals surface area contributed by atoms with Gasteiger partial charge in [0.05, 0.1) is 15.7 Å². The molecule has 0 unspecified atom stereocenters. The van der Waals surface area contributed by atoms with Crippen LogP contribution in [0.4, 0.5) is 0 Å². The lowest BCUT2D eigenvalue weighted by Crippen LogP contribution is -2.38. The maximum atomic E-state index is 12.6. The Hall–Kier alpha value is -1.63. The van der Waals surface area contributed by atoms with E-state index >= 15 is 0 Å². The molecule has 0 fully saturated rings. The minimum absolute atomic E-state index is 0.0468. The van der Waals surface area contributed by atoms with Gasteiger partial charge < -0.3 is 5.73 Å². The van der Waals surface area contributed by atoms with E-state index < -0.39 is 5.54 Å². The predicted octanol–water partition coefficient (Wildman–Crippen LogP) is 4.65. The largest absolute Gasteiger partial charge is 0.378 e. The van der Waals surface area contributed by atoms with Gasteiger partial charge >= 0.3 is 0 Å². The summed E-state index contributed by atoms with van der Waals surface area (Å²) in [6, 6.07) is 5.23. The van der Waals surface area contributed by atoms with Crippen LogP contribution in [-0.4, -0.2) is 25.7 Å². The molecule has 3 rings (SSSR count). The highest BCUT2D eigenvalue weighted by Crippen LogP contribution is 2.44. The molecule has 0 spiro atoms. The third-order valence-corrected chi connectivity index (χ3v) is 5.81. The number of amidine groups is 1. The van der Waals surface area contributed by atoms with Crippen molar-refractivity contribution >= 4 is 45.9 Å². The molecule has 2 N–H and O–H groups in total. The number of nitrogens with two attached hydrogens (primary N) is 1. The highest BCUT2D eigenvalue weighted by molar-refractivity contribution is 8.15. The number of carbonyl (C=O) groups is 1. The van der Waals surface area contributed by atoms with E-state index in [1.165, 1.54) is 12.3 Å². The van der Waals surface area contributed by atoms with Crippen molar-refractivity contribution in [1.82, 2.24) is 9.97 Å². The highest BCUT2D eigenvalue weighted by Gasteiger charge is 2.40. The van der Waals surface area contributed by atoms with Gasteiger partial charge in [-0.05, 0) is 37.1 Å². The van der Waals surface area contributed by atoms with Crippen molar-refractivity contribution < 1.29 is 4.79 Å². The second-order valence-electron chi connectivity index (χ2n) is 7.40. The maximum Gasteiger partial charge on any atom is 0.187 e. The van der Waals surface area contributed by atoms with E-state index in [2.05, 4.69) is 28.8 Å². The smallest absolute Gasteiger partial charge is 0.187 e. The monoisotopic (exact) mass is 422 g/mol. The molecule has 0 aliphatic carbocycles. The first-order valence-corrected chi connectivity index (χ1v) is 9.99. The lowest BCUT2D eigenvalue weighted by Gasteiger charge is -2.38. The van der Waals surface area contributed by atoms with Crippen LogP contribution in [0, 0.1) is 0 Å². The Kier molecular flexibility index (Phi) is 5.52. The van der Waals surface area contributed by atoms with Gasteiger partial charge in [0, 0.05) is 23.6 Å². The Morgan fingerprint density at radius 3 is 2.67 bits per heavy atom. The average molecular weight is 423 g/mol. The number of nitrogens with zero attached hydrogens (tertiary/aromatic N) is 3. The molecule has 1 aliphatic rings. The van der Waals surface area contributed by atoms with E-state index in [0.29, 0.717) is 10.2 Å². The second kappa shape index (κ2) is 7.41. The quantitative estimate of drug-likeness (QED) is 0.724. The summed E-state index contributed by atoms with van der Waals surface area (Å²) < 4.78 is -0.0468. The molecule has 1 atom stereocenters. The summed E-state index contributed by atoms with van der Waals surface area (Å²) in [5, 5.41) is 1.19. The number of ketones is 1. The summed E-state index contributed by atoms with van der Waals surface area (Å²) >= 11 is 13.5. The summed E-state index contributed by atoms with van der Waals surface area (Å²) in [6.07, 6.45) is 4.07. The zero-order chi connectivity index (χ0) is 19.8. The number of aromatic nitrogens is 2. The number of hydrogen-bond acceptors (Lipinski definition) is 6. The molecule has 0 saturated heterocycles. The van der Waals surface area contributed by atoms with E-state index in [1.54, 1.807) is 18.0 Å². The lowest BCUT2D eigenvalue weighted by atomic mass is 9.86. The van der Waals surface area contributed by atoms with Gasteiger partial charge in [-0.15, -0.1) is 0 Å². The van der Waals surface area contributed by atoms with Crippen LogP contribution in [0.5, 0.6) is 0 Å². The van der Waals surface area contributed by atoms with E-state index in [-0.39, 0.29) is 27.7 Å². The molecule has 0 radical (unpaired) electrons. The zero-order valence-electron chi connectivity index (χ0n) is 15.3. The molecular formula is C19H20Cl2N4OS. The van der Waals surface area contributed by atoms with Crippen LogP contribution in [-0.2, 0) is 12.0 Å². The number of Topliss-reactive ketones (excluding diaryl/α,β-unsaturated/α-hetero) is 1. The van der Waals surface area contributed by atoms with E-state index in [9.17, 15) is 4.79 Å². The van der Waals surface area contributed by atoms with Crippen molar-refractivity contribution in [3.63, 3.8) is 0 Å². The van der Waals surface area contributed by atoms with Gasteiger partial charge in [-0.3, -0.25) is 9.78 Å². The average Bonchev–Trinajstić information content (AvgIpc) is 2.52. The molecule has 0 saturated carbocycles. The normalized spacial score (nSPS) is 21.6. The minimum Gasteiger partial charge on any atom is -0.378 e. The van der Waals surface area contributed by atoms with E-state index in [4.69, 9.17) is 28.9 Å². The van der Waals surface area contributed by atoms with Gasteiger partial charge in [-0.1, -0.05) is 48.8 Å². The van der Waals surface area contributed by atoms with E-state index in [1.807, 2.05) is 19.1 Å². The molecule has 0 amide bonds. The Morgan fingerprint density at radius 1 is 1.26 bits per heavy atom. The molecule has 2 aromatic heterocycles. The van der Waals surface area contributed by atoms with Crippen LogP contribution < -0.4 is 5.73 Å². The number of halogens is 2. The Balaban J connectivity index is 1.88. The Bertz CT molecular complexity index is 932. The number of hydrogen-bond donors (Lipinski definition) is 1. The molecule has 5 nitrogen and oxygen atoms in total. The van der Waals surface area contributed by atoms with Crippen molar-refractivity contribution in [2.75, 3.05) is 0 Å². The first-order chi connectivity index (χ1) is 12.6. The van der Waals surface area contributed by atoms with Gasteiger partial charge in [0.2, 0.25) is 0 Å². The summed E-state index contributed by atoms with van der Waals surface area (Å²) in [4.78, 5) is 25.8. The minimum atomic E-state index is -0.534. The maximum absolute atomic E-state index is 12.6. The molecule has 142 valence electrons. The van der Waals surface area contributed by atoms with Crippen LogP contribution in [0.1, 0.15) is 48.9 Å². The van der Waals surface area contributed by atoms with Gasteiger partial charge in [0.15, 0.2) is 11.0 Å². The molecule has 2 aromatic rings. The molecule has 0 aromatic carbocycles. The van der Waals surface area contributed by atoms with Crippen molar-refractivity contribution in [3.05, 3.63) is 57.6 Å². The van der Waals surface area contributed by atoms with Crippen molar-refractivity contribution in [3.8, 4) is 0 Å². The fourth-order valence-electron chi connectivity index (χ4n) is 3.37. The second-order valence-corrected chi connectivity index (χ2v) is 9.97. The van der Waals surface area contributed by atoms with Crippen molar-refractivity contribution in [1.29, 1.82) is 0 Å². The third-order valence-electron chi connectivity index (χ3n) is 4.32. The van der Waals surface area contributed by atoms with Crippen LogP contribution in [0.15, 0.2) is 35.6 Å². The highest BCUT2D eigenvalue weighted by atomic mass is 35.5. The standard InChI is InChI=1S/C19H20Cl2N4OS/c1-18(2)10-19(3,25-17(22)27-18)15-7-11(4-5-23-15)6-14(26)16-13(21)8-12(20)9-24-16/h4-5,7-9H,6,10H2,1-3H3,(H2,22,25)/t19-/m0/s1. The van der Waals surface area contributed by atoms with Crippen LogP contribution in [0.25, 0.3) is 0 Å². The number of aliphatic imine (C=N–C) groups is 1. The van der Waals surface area contributed by atoms with Crippen LogP contribution >= 0.6 is 35.0 Å². The topological polar surface area (TPSA) is 81.2 Å². The fourth-order valence-corrected chi connectivity index (χ4v) is 5.02. The van der Waals surface area contributed by atoms with Gasteiger partial charge in [0.25, 0.3) is 0 Å².